The Bertz CT molecular complexity index is 1140. The first-order valence-electron chi connectivity index (χ1n) is 11.2. The van der Waals surface area contributed by atoms with Gasteiger partial charge in [-0.15, -0.1) is 0 Å². The van der Waals surface area contributed by atoms with Crippen LogP contribution >= 0.6 is 11.6 Å². The van der Waals surface area contributed by atoms with Crippen LogP contribution in [0.5, 0.6) is 5.75 Å². The second-order valence-electron chi connectivity index (χ2n) is 8.41. The molecule has 8 nitrogen and oxygen atoms in total. The molecule has 0 spiro atoms. The molecule has 2 aromatic carbocycles. The van der Waals surface area contributed by atoms with E-state index in [4.69, 9.17) is 21.1 Å². The molecular formula is C26H25ClN2O6. The van der Waals surface area contributed by atoms with Gasteiger partial charge in [0.05, 0.1) is 24.6 Å². The molecule has 1 heterocycles. The van der Waals surface area contributed by atoms with Crippen molar-refractivity contribution in [3.05, 3.63) is 71.3 Å². The Morgan fingerprint density at radius 2 is 1.71 bits per heavy atom. The Hall–Kier alpha value is -3.65. The fraction of sp³-hybridized carbons (Fsp3) is 0.308. The number of nitrogens with one attached hydrogen (secondary N) is 1. The number of rotatable bonds is 8. The first kappa shape index (κ1) is 24.5. The van der Waals surface area contributed by atoms with Crippen LogP contribution in [-0.4, -0.2) is 48.3 Å². The van der Waals surface area contributed by atoms with Gasteiger partial charge in [0.1, 0.15) is 11.8 Å². The highest BCUT2D eigenvalue weighted by Gasteiger charge is 2.51. The zero-order chi connectivity index (χ0) is 24.9. The minimum atomic E-state index is -1.17. The molecule has 0 saturated carbocycles. The lowest BCUT2D eigenvalue weighted by atomic mass is 9.85. The van der Waals surface area contributed by atoms with Gasteiger partial charge in [-0.1, -0.05) is 54.1 Å². The SMILES string of the molecule is COc1ccc(Cl)cc1NC(=O)COC(=O)[C@H](Cc1ccccc1)N1C(=O)[C@H]2CC=CC[C@@H]2C1=O. The molecule has 0 aromatic heterocycles. The van der Waals surface area contributed by atoms with Crippen molar-refractivity contribution >= 4 is 41.0 Å². The minimum Gasteiger partial charge on any atom is -0.495 e. The highest BCUT2D eigenvalue weighted by molar-refractivity contribution is 6.31. The van der Waals surface area contributed by atoms with E-state index in [0.29, 0.717) is 29.3 Å². The molecule has 0 radical (unpaired) electrons. The molecule has 2 aromatic rings. The number of carbonyl (C=O) groups excluding carboxylic acids is 4. The van der Waals surface area contributed by atoms with Crippen LogP contribution in [0.15, 0.2) is 60.7 Å². The summed E-state index contributed by atoms with van der Waals surface area (Å²) in [5.74, 6) is -2.76. The van der Waals surface area contributed by atoms with E-state index >= 15 is 0 Å². The number of hydrogen-bond donors (Lipinski definition) is 1. The van der Waals surface area contributed by atoms with Gasteiger partial charge in [-0.05, 0) is 36.6 Å². The van der Waals surface area contributed by atoms with E-state index in [0.717, 1.165) is 10.5 Å². The van der Waals surface area contributed by atoms with E-state index in [-0.39, 0.29) is 18.2 Å². The van der Waals surface area contributed by atoms with Crippen LogP contribution in [0.1, 0.15) is 18.4 Å². The summed E-state index contributed by atoms with van der Waals surface area (Å²) in [6.45, 7) is -0.607. The highest BCUT2D eigenvalue weighted by Crippen LogP contribution is 2.37. The summed E-state index contributed by atoms with van der Waals surface area (Å²) >= 11 is 5.99. The number of anilines is 1. The number of likely N-dealkylation sites (tertiary alicyclic amines) is 1. The third kappa shape index (κ3) is 5.38. The summed E-state index contributed by atoms with van der Waals surface area (Å²) in [4.78, 5) is 52.9. The van der Waals surface area contributed by atoms with Crippen molar-refractivity contribution in [3.8, 4) is 5.75 Å². The number of ether oxygens (including phenoxy) is 2. The van der Waals surface area contributed by atoms with Crippen molar-refractivity contribution in [2.24, 2.45) is 11.8 Å². The quantitative estimate of drug-likeness (QED) is 0.341. The maximum atomic E-state index is 13.2. The number of nitrogens with zero attached hydrogens (tertiary/aromatic N) is 1. The summed E-state index contributed by atoms with van der Waals surface area (Å²) in [6, 6.07) is 12.6. The monoisotopic (exact) mass is 496 g/mol. The zero-order valence-electron chi connectivity index (χ0n) is 19.1. The predicted octanol–water partition coefficient (Wildman–Crippen LogP) is 3.39. The standard InChI is InChI=1S/C26H25ClN2O6/c1-34-22-12-11-17(27)14-20(22)28-23(30)15-35-26(33)21(13-16-7-3-2-4-8-16)29-24(31)18-9-5-6-10-19(18)25(29)32/h2-8,11-12,14,18-19,21H,9-10,13,15H2,1H3,(H,28,30)/t18-,19-,21-/m0/s1. The number of imide groups is 1. The smallest absolute Gasteiger partial charge is 0.330 e. The fourth-order valence-electron chi connectivity index (χ4n) is 4.45. The summed E-state index contributed by atoms with van der Waals surface area (Å²) < 4.78 is 10.5. The van der Waals surface area contributed by atoms with Crippen molar-refractivity contribution in [3.63, 3.8) is 0 Å². The lowest BCUT2D eigenvalue weighted by molar-refractivity contribution is -0.160. The van der Waals surface area contributed by atoms with Gasteiger partial charge in [-0.3, -0.25) is 19.3 Å². The van der Waals surface area contributed by atoms with Crippen LogP contribution in [-0.2, 0) is 30.3 Å². The second-order valence-corrected chi connectivity index (χ2v) is 8.84. The van der Waals surface area contributed by atoms with Crippen LogP contribution < -0.4 is 10.1 Å². The predicted molar refractivity (Wildman–Crippen MR) is 129 cm³/mol. The van der Waals surface area contributed by atoms with Gasteiger partial charge < -0.3 is 14.8 Å². The molecule has 9 heteroatoms. The van der Waals surface area contributed by atoms with E-state index in [1.54, 1.807) is 36.4 Å². The largest absolute Gasteiger partial charge is 0.495 e. The van der Waals surface area contributed by atoms with E-state index in [9.17, 15) is 19.2 Å². The van der Waals surface area contributed by atoms with Crippen LogP contribution in [0.4, 0.5) is 5.69 Å². The number of allylic oxidation sites excluding steroid dienone is 2. The lowest BCUT2D eigenvalue weighted by Crippen LogP contribution is -2.48. The van der Waals surface area contributed by atoms with E-state index in [1.165, 1.54) is 13.2 Å². The molecule has 1 aliphatic heterocycles. The van der Waals surface area contributed by atoms with Crippen molar-refractivity contribution in [1.82, 2.24) is 4.90 Å². The Morgan fingerprint density at radius 1 is 1.06 bits per heavy atom. The normalized spacial score (nSPS) is 19.8. The Labute approximate surface area is 207 Å². The summed E-state index contributed by atoms with van der Waals surface area (Å²) in [5, 5.41) is 2.98. The molecule has 0 bridgehead atoms. The second kappa shape index (κ2) is 10.7. The Balaban J connectivity index is 1.49. The molecule has 2 aliphatic rings. The number of benzene rings is 2. The number of carbonyl (C=O) groups is 4. The number of esters is 1. The molecule has 1 fully saturated rings. The maximum Gasteiger partial charge on any atom is 0.330 e. The van der Waals surface area contributed by atoms with Crippen molar-refractivity contribution in [2.45, 2.75) is 25.3 Å². The molecule has 3 amide bonds. The average molecular weight is 497 g/mol. The van der Waals surface area contributed by atoms with E-state index in [1.807, 2.05) is 18.2 Å². The van der Waals surface area contributed by atoms with Crippen LogP contribution in [0.2, 0.25) is 5.02 Å². The number of fused-ring (bicyclic) bond motifs is 1. The summed E-state index contributed by atoms with van der Waals surface area (Å²) in [6.07, 6.45) is 4.78. The number of methoxy groups -OCH3 is 1. The van der Waals surface area contributed by atoms with Crippen molar-refractivity contribution < 1.29 is 28.7 Å². The molecule has 1 aliphatic carbocycles. The van der Waals surface area contributed by atoms with Gasteiger partial charge in [0.2, 0.25) is 11.8 Å². The lowest BCUT2D eigenvalue weighted by Gasteiger charge is -2.25. The van der Waals surface area contributed by atoms with Crippen LogP contribution in [0, 0.1) is 11.8 Å². The molecule has 182 valence electrons. The molecular weight excluding hydrogens is 472 g/mol. The van der Waals surface area contributed by atoms with E-state index in [2.05, 4.69) is 5.32 Å². The first-order valence-corrected chi connectivity index (χ1v) is 11.6. The van der Waals surface area contributed by atoms with Gasteiger partial charge in [0.15, 0.2) is 6.61 Å². The molecule has 1 N–H and O–H groups in total. The molecule has 35 heavy (non-hydrogen) atoms. The minimum absolute atomic E-state index is 0.0910. The van der Waals surface area contributed by atoms with Gasteiger partial charge in [-0.2, -0.15) is 0 Å². The fourth-order valence-corrected chi connectivity index (χ4v) is 4.62. The van der Waals surface area contributed by atoms with Crippen molar-refractivity contribution in [1.29, 1.82) is 0 Å². The van der Waals surface area contributed by atoms with Gasteiger partial charge in [0, 0.05) is 11.4 Å². The van der Waals surface area contributed by atoms with E-state index < -0.39 is 36.4 Å². The van der Waals surface area contributed by atoms with Crippen LogP contribution in [0.3, 0.4) is 0 Å². The molecule has 4 rings (SSSR count). The summed E-state index contributed by atoms with van der Waals surface area (Å²) in [7, 11) is 1.45. The molecule has 3 atom stereocenters. The molecule has 1 saturated heterocycles. The van der Waals surface area contributed by atoms with Gasteiger partial charge >= 0.3 is 5.97 Å². The average Bonchev–Trinajstić information content (AvgIpc) is 3.12. The van der Waals surface area contributed by atoms with Crippen molar-refractivity contribution in [2.75, 3.05) is 19.0 Å². The Kier molecular flexibility index (Phi) is 7.51. The topological polar surface area (TPSA) is 102 Å². The molecule has 0 unspecified atom stereocenters. The number of halogens is 1. The zero-order valence-corrected chi connectivity index (χ0v) is 19.9. The first-order chi connectivity index (χ1) is 16.9. The van der Waals surface area contributed by atoms with Gasteiger partial charge in [0.25, 0.3) is 5.91 Å². The Morgan fingerprint density at radius 3 is 2.34 bits per heavy atom. The maximum absolute atomic E-state index is 13.2. The third-order valence-electron chi connectivity index (χ3n) is 6.18. The third-order valence-corrected chi connectivity index (χ3v) is 6.41. The summed E-state index contributed by atoms with van der Waals surface area (Å²) in [5.41, 5.74) is 1.08. The number of amides is 3. The van der Waals surface area contributed by atoms with Crippen LogP contribution in [0.25, 0.3) is 0 Å². The number of hydrogen-bond acceptors (Lipinski definition) is 6. The van der Waals surface area contributed by atoms with Gasteiger partial charge in [-0.25, -0.2) is 4.79 Å². The highest BCUT2D eigenvalue weighted by atomic mass is 35.5.